The van der Waals surface area contributed by atoms with Crippen molar-refractivity contribution in [2.45, 2.75) is 225 Å². The molecule has 1 rings (SSSR count). The summed E-state index contributed by atoms with van der Waals surface area (Å²) < 4.78 is 38.6. The van der Waals surface area contributed by atoms with Crippen molar-refractivity contribution >= 4 is 19.8 Å². The fourth-order valence-corrected chi connectivity index (χ4v) is 7.46. The fourth-order valence-electron chi connectivity index (χ4n) is 6.69. The highest BCUT2D eigenvalue weighted by Crippen LogP contribution is 2.43. The topological polar surface area (TPSA) is 147 Å². The second-order valence-electron chi connectivity index (χ2n) is 15.7. The largest absolute Gasteiger partial charge is 0.472 e. The van der Waals surface area contributed by atoms with Crippen LogP contribution in [-0.2, 0) is 37.4 Å². The Labute approximate surface area is 342 Å². The van der Waals surface area contributed by atoms with E-state index in [1.54, 1.807) is 0 Å². The van der Waals surface area contributed by atoms with Crippen LogP contribution in [0, 0.1) is 0 Å². The summed E-state index contributed by atoms with van der Waals surface area (Å²) in [5.74, 6) is -0.847. The second kappa shape index (κ2) is 37.7. The molecule has 328 valence electrons. The summed E-state index contributed by atoms with van der Waals surface area (Å²) in [5, 5.41) is 0. The van der Waals surface area contributed by atoms with E-state index < -0.39 is 26.5 Å². The Morgan fingerprint density at radius 2 is 1.11 bits per heavy atom. The van der Waals surface area contributed by atoms with Crippen LogP contribution in [0.2, 0.25) is 0 Å². The van der Waals surface area contributed by atoms with Crippen molar-refractivity contribution in [3.8, 4) is 0 Å². The molecule has 11 heteroatoms. The van der Waals surface area contributed by atoms with Crippen molar-refractivity contribution < 1.29 is 42.3 Å². The second-order valence-corrected chi connectivity index (χ2v) is 17.1. The summed E-state index contributed by atoms with van der Waals surface area (Å²) in [6.07, 6.45) is 42.3. The Hall–Kier alpha value is -1.55. The normalized spacial score (nSPS) is 17.1. The summed E-state index contributed by atoms with van der Waals surface area (Å²) >= 11 is 0. The van der Waals surface area contributed by atoms with Crippen LogP contribution in [-0.4, -0.2) is 61.5 Å². The number of unbranched alkanes of at least 4 members (excludes halogenated alkanes) is 22. The molecule has 0 aromatic heterocycles. The van der Waals surface area contributed by atoms with E-state index in [2.05, 4.69) is 38.2 Å². The molecule has 0 saturated carbocycles. The predicted molar refractivity (Wildman–Crippen MR) is 228 cm³/mol. The lowest BCUT2D eigenvalue weighted by atomic mass is 10.1. The van der Waals surface area contributed by atoms with Gasteiger partial charge in [-0.3, -0.25) is 18.6 Å². The third kappa shape index (κ3) is 34.5. The molecule has 1 heterocycles. The summed E-state index contributed by atoms with van der Waals surface area (Å²) in [5.41, 5.74) is 5.35. The van der Waals surface area contributed by atoms with Crippen molar-refractivity contribution in [3.05, 3.63) is 24.3 Å². The first kappa shape index (κ1) is 52.5. The number of hydrogen-bond donors (Lipinski definition) is 2. The molecular weight excluding hydrogens is 729 g/mol. The fraction of sp³-hybridized carbons (Fsp3) is 0.867. The molecule has 1 aliphatic heterocycles. The van der Waals surface area contributed by atoms with Crippen LogP contribution < -0.4 is 5.73 Å². The first-order valence-electron chi connectivity index (χ1n) is 22.9. The summed E-state index contributed by atoms with van der Waals surface area (Å²) in [6.45, 7) is 3.69. The van der Waals surface area contributed by atoms with Gasteiger partial charge in [0.1, 0.15) is 6.61 Å². The summed E-state index contributed by atoms with van der Waals surface area (Å²) in [4.78, 5) is 34.9. The van der Waals surface area contributed by atoms with Gasteiger partial charge >= 0.3 is 19.8 Å². The molecule has 0 amide bonds. The third-order valence-corrected chi connectivity index (χ3v) is 11.2. The van der Waals surface area contributed by atoms with E-state index in [4.69, 9.17) is 29.0 Å². The number of phosphoric acid groups is 1. The first-order valence-corrected chi connectivity index (χ1v) is 24.4. The molecule has 10 nitrogen and oxygen atoms in total. The zero-order chi connectivity index (χ0) is 40.8. The van der Waals surface area contributed by atoms with E-state index in [0.717, 1.165) is 57.8 Å². The van der Waals surface area contributed by atoms with Gasteiger partial charge in [0.25, 0.3) is 0 Å². The van der Waals surface area contributed by atoms with E-state index >= 15 is 0 Å². The highest BCUT2D eigenvalue weighted by molar-refractivity contribution is 7.47. The molecule has 0 aromatic carbocycles. The Kier molecular flexibility index (Phi) is 35.3. The maximum atomic E-state index is 12.6. The SMILES string of the molecule is CCCCCCCC/C=C\CCCCCCCCCCCC(=O)OC[C@H](COP(=O)(O)OCCN)OC(=O)CCCCCCC/C=C\CC1OC1CCCCC. The van der Waals surface area contributed by atoms with Crippen LogP contribution >= 0.6 is 7.82 Å². The zero-order valence-corrected chi connectivity index (χ0v) is 36.7. The van der Waals surface area contributed by atoms with E-state index in [-0.39, 0.29) is 38.6 Å². The van der Waals surface area contributed by atoms with Gasteiger partial charge in [0.2, 0.25) is 0 Å². The molecular formula is C45H84NO9P. The van der Waals surface area contributed by atoms with Crippen molar-refractivity contribution in [2.75, 3.05) is 26.4 Å². The van der Waals surface area contributed by atoms with E-state index in [1.807, 2.05) is 0 Å². The van der Waals surface area contributed by atoms with Crippen LogP contribution in [0.1, 0.15) is 206 Å². The van der Waals surface area contributed by atoms with E-state index in [9.17, 15) is 19.0 Å². The molecule has 4 atom stereocenters. The van der Waals surface area contributed by atoms with Crippen molar-refractivity contribution in [1.29, 1.82) is 0 Å². The van der Waals surface area contributed by atoms with Gasteiger partial charge in [-0.05, 0) is 64.2 Å². The van der Waals surface area contributed by atoms with Gasteiger partial charge < -0.3 is 24.8 Å². The molecule has 56 heavy (non-hydrogen) atoms. The minimum atomic E-state index is -4.38. The molecule has 0 aliphatic carbocycles. The first-order chi connectivity index (χ1) is 27.3. The molecule has 1 saturated heterocycles. The van der Waals surface area contributed by atoms with Crippen LogP contribution in [0.5, 0.6) is 0 Å². The van der Waals surface area contributed by atoms with Crippen molar-refractivity contribution in [2.24, 2.45) is 5.73 Å². The van der Waals surface area contributed by atoms with Gasteiger partial charge in [-0.2, -0.15) is 0 Å². The molecule has 1 fully saturated rings. The van der Waals surface area contributed by atoms with Gasteiger partial charge in [0.05, 0.1) is 25.4 Å². The number of rotatable bonds is 42. The number of epoxide rings is 1. The molecule has 3 N–H and O–H groups in total. The van der Waals surface area contributed by atoms with Gasteiger partial charge in [-0.25, -0.2) is 4.57 Å². The number of hydrogen-bond acceptors (Lipinski definition) is 9. The number of nitrogens with two attached hydrogens (primary N) is 1. The van der Waals surface area contributed by atoms with Gasteiger partial charge in [0, 0.05) is 19.4 Å². The standard InChI is InChI=1S/C45H84NO9P/c1-3-5-7-8-9-10-11-12-13-14-15-16-17-18-19-20-24-27-31-35-44(47)51-39-41(40-53-56(49,50)52-38-37-46)54-45(48)36-32-28-25-22-21-23-26-30-34-43-42(55-43)33-29-6-4-2/h12-13,26,30,41-43H,3-11,14-25,27-29,31-40,46H2,1-2H3,(H,49,50)/b13-12-,30-26-/t41-,42?,43?/m1/s1. The number of ether oxygens (including phenoxy) is 3. The van der Waals surface area contributed by atoms with Crippen LogP contribution in [0.15, 0.2) is 24.3 Å². The maximum absolute atomic E-state index is 12.6. The number of carbonyl (C=O) groups excluding carboxylic acids is 2. The molecule has 0 spiro atoms. The molecule has 0 bridgehead atoms. The van der Waals surface area contributed by atoms with Crippen molar-refractivity contribution in [1.82, 2.24) is 0 Å². The summed E-state index contributed by atoms with van der Waals surface area (Å²) in [6, 6.07) is 0. The Morgan fingerprint density at radius 3 is 1.66 bits per heavy atom. The lowest BCUT2D eigenvalue weighted by molar-refractivity contribution is -0.161. The molecule has 0 aromatic rings. The molecule has 0 radical (unpaired) electrons. The lowest BCUT2D eigenvalue weighted by Crippen LogP contribution is -2.29. The van der Waals surface area contributed by atoms with Crippen LogP contribution in [0.3, 0.4) is 0 Å². The number of allylic oxidation sites excluding steroid dienone is 3. The molecule has 1 aliphatic rings. The van der Waals surface area contributed by atoms with Gasteiger partial charge in [-0.1, -0.05) is 154 Å². The monoisotopic (exact) mass is 814 g/mol. The molecule has 3 unspecified atom stereocenters. The van der Waals surface area contributed by atoms with Gasteiger partial charge in [-0.15, -0.1) is 0 Å². The summed E-state index contributed by atoms with van der Waals surface area (Å²) in [7, 11) is -4.38. The minimum absolute atomic E-state index is 0.0492. The van der Waals surface area contributed by atoms with Crippen molar-refractivity contribution in [3.63, 3.8) is 0 Å². The Balaban J connectivity index is 2.14. The van der Waals surface area contributed by atoms with E-state index in [1.165, 1.54) is 116 Å². The number of carbonyl (C=O) groups is 2. The Bertz CT molecular complexity index is 1040. The smallest absolute Gasteiger partial charge is 0.462 e. The average molecular weight is 814 g/mol. The zero-order valence-electron chi connectivity index (χ0n) is 35.8. The third-order valence-electron chi connectivity index (χ3n) is 10.2. The lowest BCUT2D eigenvalue weighted by Gasteiger charge is -2.19. The number of phosphoric ester groups is 1. The predicted octanol–water partition coefficient (Wildman–Crippen LogP) is 12.2. The van der Waals surface area contributed by atoms with Crippen LogP contribution in [0.25, 0.3) is 0 Å². The van der Waals surface area contributed by atoms with E-state index in [0.29, 0.717) is 18.6 Å². The minimum Gasteiger partial charge on any atom is -0.462 e. The highest BCUT2D eigenvalue weighted by Gasteiger charge is 2.36. The quantitative estimate of drug-likeness (QED) is 0.0201. The average Bonchev–Trinajstić information content (AvgIpc) is 3.94. The van der Waals surface area contributed by atoms with Crippen LogP contribution in [0.4, 0.5) is 0 Å². The van der Waals surface area contributed by atoms with Gasteiger partial charge in [0.15, 0.2) is 6.10 Å². The number of esters is 2. The highest BCUT2D eigenvalue weighted by atomic mass is 31.2. The Morgan fingerprint density at radius 1 is 0.625 bits per heavy atom. The maximum Gasteiger partial charge on any atom is 0.472 e.